The third kappa shape index (κ3) is 2.85. The van der Waals surface area contributed by atoms with E-state index in [4.69, 9.17) is 0 Å². The van der Waals surface area contributed by atoms with Crippen molar-refractivity contribution in [2.45, 2.75) is 31.6 Å². The summed E-state index contributed by atoms with van der Waals surface area (Å²) in [6.45, 7) is 0.465. The quantitative estimate of drug-likeness (QED) is 0.933. The lowest BCUT2D eigenvalue weighted by Gasteiger charge is -2.15. The van der Waals surface area contributed by atoms with Crippen LogP contribution in [-0.2, 0) is 12.7 Å². The summed E-state index contributed by atoms with van der Waals surface area (Å²) in [6, 6.07) is 6.45. The van der Waals surface area contributed by atoms with Gasteiger partial charge in [-0.2, -0.15) is 18.3 Å². The Labute approximate surface area is 114 Å². The number of nitrogens with zero attached hydrogens (tertiary/aromatic N) is 2. The van der Waals surface area contributed by atoms with Gasteiger partial charge in [-0.05, 0) is 36.6 Å². The Morgan fingerprint density at radius 2 is 2.10 bits per heavy atom. The average molecular weight is 281 g/mol. The molecular formula is C14H14F3N3. The van der Waals surface area contributed by atoms with Crippen LogP contribution in [0, 0.1) is 0 Å². The molecular weight excluding hydrogens is 267 g/mol. The molecule has 1 saturated carbocycles. The molecule has 6 heteroatoms. The number of alkyl halides is 3. The summed E-state index contributed by atoms with van der Waals surface area (Å²) in [5.74, 6) is 0. The van der Waals surface area contributed by atoms with E-state index in [0.717, 1.165) is 12.8 Å². The van der Waals surface area contributed by atoms with Crippen molar-refractivity contribution in [1.29, 1.82) is 0 Å². The summed E-state index contributed by atoms with van der Waals surface area (Å²) in [7, 11) is 0. The van der Waals surface area contributed by atoms with Crippen molar-refractivity contribution in [2.75, 3.05) is 0 Å². The number of aromatic nitrogens is 2. The molecule has 1 aromatic heterocycles. The maximum Gasteiger partial charge on any atom is 0.418 e. The van der Waals surface area contributed by atoms with Crippen molar-refractivity contribution >= 4 is 0 Å². The Morgan fingerprint density at radius 3 is 2.70 bits per heavy atom. The molecule has 0 spiro atoms. The SMILES string of the molecule is FC(F)(F)c1cc(CNC2CC2)ccc1-n1cccn1. The second-order valence-electron chi connectivity index (χ2n) is 4.96. The van der Waals surface area contributed by atoms with E-state index in [1.165, 1.54) is 29.2 Å². The average Bonchev–Trinajstić information content (AvgIpc) is 3.07. The molecule has 2 aromatic rings. The van der Waals surface area contributed by atoms with Gasteiger partial charge in [0.05, 0.1) is 11.3 Å². The summed E-state index contributed by atoms with van der Waals surface area (Å²) in [4.78, 5) is 0. The lowest BCUT2D eigenvalue weighted by Crippen LogP contribution is -2.17. The molecule has 1 heterocycles. The second-order valence-corrected chi connectivity index (χ2v) is 4.96. The van der Waals surface area contributed by atoms with E-state index >= 15 is 0 Å². The monoisotopic (exact) mass is 281 g/mol. The van der Waals surface area contributed by atoms with Crippen LogP contribution in [0.2, 0.25) is 0 Å². The van der Waals surface area contributed by atoms with E-state index in [9.17, 15) is 13.2 Å². The first kappa shape index (κ1) is 13.2. The molecule has 20 heavy (non-hydrogen) atoms. The zero-order valence-electron chi connectivity index (χ0n) is 10.7. The fraction of sp³-hybridized carbons (Fsp3) is 0.357. The molecule has 0 bridgehead atoms. The van der Waals surface area contributed by atoms with E-state index in [0.29, 0.717) is 18.2 Å². The highest BCUT2D eigenvalue weighted by molar-refractivity contribution is 5.44. The first-order valence-corrected chi connectivity index (χ1v) is 6.47. The number of benzene rings is 1. The first-order chi connectivity index (χ1) is 9.54. The van der Waals surface area contributed by atoms with E-state index in [2.05, 4.69) is 10.4 Å². The Kier molecular flexibility index (Phi) is 3.25. The number of nitrogens with one attached hydrogen (secondary N) is 1. The van der Waals surface area contributed by atoms with Crippen LogP contribution in [0.15, 0.2) is 36.7 Å². The van der Waals surface area contributed by atoms with Crippen LogP contribution in [0.5, 0.6) is 0 Å². The number of hydrogen-bond acceptors (Lipinski definition) is 2. The van der Waals surface area contributed by atoms with Crippen molar-refractivity contribution < 1.29 is 13.2 Å². The second kappa shape index (κ2) is 4.94. The van der Waals surface area contributed by atoms with Crippen LogP contribution in [0.1, 0.15) is 24.0 Å². The van der Waals surface area contributed by atoms with Gasteiger partial charge in [-0.3, -0.25) is 0 Å². The van der Waals surface area contributed by atoms with E-state index in [-0.39, 0.29) is 5.69 Å². The van der Waals surface area contributed by atoms with Gasteiger partial charge in [0.2, 0.25) is 0 Å². The molecule has 1 aromatic carbocycles. The molecule has 1 aliphatic rings. The summed E-state index contributed by atoms with van der Waals surface area (Å²) < 4.78 is 40.7. The molecule has 3 rings (SSSR count). The van der Waals surface area contributed by atoms with Gasteiger partial charge < -0.3 is 5.32 Å². The largest absolute Gasteiger partial charge is 0.418 e. The van der Waals surface area contributed by atoms with E-state index in [1.54, 1.807) is 12.1 Å². The van der Waals surface area contributed by atoms with Gasteiger partial charge in [0.15, 0.2) is 0 Å². The predicted molar refractivity (Wildman–Crippen MR) is 68.4 cm³/mol. The molecule has 3 nitrogen and oxygen atoms in total. The Bertz CT molecular complexity index is 586. The smallest absolute Gasteiger partial charge is 0.310 e. The third-order valence-electron chi connectivity index (χ3n) is 3.29. The normalized spacial score (nSPS) is 15.6. The van der Waals surface area contributed by atoms with Gasteiger partial charge in [0.25, 0.3) is 0 Å². The predicted octanol–water partition coefficient (Wildman–Crippen LogP) is 3.14. The van der Waals surface area contributed by atoms with Crippen LogP contribution < -0.4 is 5.32 Å². The Balaban J connectivity index is 1.93. The van der Waals surface area contributed by atoms with Crippen LogP contribution in [-0.4, -0.2) is 15.8 Å². The van der Waals surface area contributed by atoms with Crippen molar-refractivity contribution in [2.24, 2.45) is 0 Å². The fourth-order valence-corrected chi connectivity index (χ4v) is 2.08. The summed E-state index contributed by atoms with van der Waals surface area (Å²) in [5.41, 5.74) is 0.0362. The lowest BCUT2D eigenvalue weighted by molar-refractivity contribution is -0.137. The van der Waals surface area contributed by atoms with E-state index in [1.807, 2.05) is 0 Å². The molecule has 1 fully saturated rings. The van der Waals surface area contributed by atoms with E-state index < -0.39 is 11.7 Å². The maximum absolute atomic E-state index is 13.2. The minimum Gasteiger partial charge on any atom is -0.310 e. The summed E-state index contributed by atoms with van der Waals surface area (Å²) >= 11 is 0. The van der Waals surface area contributed by atoms with Crippen LogP contribution in [0.4, 0.5) is 13.2 Å². The highest BCUT2D eigenvalue weighted by atomic mass is 19.4. The van der Waals surface area contributed by atoms with Gasteiger partial charge in [-0.25, -0.2) is 4.68 Å². The molecule has 0 atom stereocenters. The van der Waals surface area contributed by atoms with Crippen LogP contribution in [0.25, 0.3) is 5.69 Å². The number of rotatable bonds is 4. The van der Waals surface area contributed by atoms with Crippen molar-refractivity contribution in [3.05, 3.63) is 47.8 Å². The van der Waals surface area contributed by atoms with Gasteiger partial charge in [0.1, 0.15) is 0 Å². The minimum atomic E-state index is -4.39. The third-order valence-corrected chi connectivity index (χ3v) is 3.29. The van der Waals surface area contributed by atoms with Gasteiger partial charge in [-0.15, -0.1) is 0 Å². The topological polar surface area (TPSA) is 29.9 Å². The molecule has 106 valence electrons. The fourth-order valence-electron chi connectivity index (χ4n) is 2.08. The number of hydrogen-bond donors (Lipinski definition) is 1. The highest BCUT2D eigenvalue weighted by Crippen LogP contribution is 2.34. The van der Waals surface area contributed by atoms with Crippen molar-refractivity contribution in [1.82, 2.24) is 15.1 Å². The molecule has 0 aliphatic heterocycles. The van der Waals surface area contributed by atoms with Crippen LogP contribution in [0.3, 0.4) is 0 Å². The summed E-state index contributed by atoms with van der Waals surface area (Å²) in [6.07, 6.45) is 0.793. The van der Waals surface area contributed by atoms with Gasteiger partial charge in [-0.1, -0.05) is 6.07 Å². The highest BCUT2D eigenvalue weighted by Gasteiger charge is 2.34. The molecule has 1 aliphatic carbocycles. The zero-order chi connectivity index (χ0) is 14.2. The number of halogens is 3. The zero-order valence-corrected chi connectivity index (χ0v) is 10.7. The Morgan fingerprint density at radius 1 is 1.30 bits per heavy atom. The van der Waals surface area contributed by atoms with Crippen molar-refractivity contribution in [3.8, 4) is 5.69 Å². The van der Waals surface area contributed by atoms with Gasteiger partial charge >= 0.3 is 6.18 Å². The van der Waals surface area contributed by atoms with Crippen molar-refractivity contribution in [3.63, 3.8) is 0 Å². The standard InChI is InChI=1S/C14H14F3N3/c15-14(16,17)12-8-10(9-18-11-3-4-11)2-5-13(12)20-7-1-6-19-20/h1-2,5-8,11,18H,3-4,9H2. The lowest BCUT2D eigenvalue weighted by atomic mass is 10.1. The Hall–Kier alpha value is -1.82. The molecule has 0 amide bonds. The minimum absolute atomic E-state index is 0.0534. The molecule has 0 unspecified atom stereocenters. The molecule has 1 N–H and O–H groups in total. The first-order valence-electron chi connectivity index (χ1n) is 6.47. The molecule has 0 radical (unpaired) electrons. The van der Waals surface area contributed by atoms with Gasteiger partial charge in [0, 0.05) is 25.0 Å². The summed E-state index contributed by atoms with van der Waals surface area (Å²) in [5, 5.41) is 7.09. The van der Waals surface area contributed by atoms with Crippen LogP contribution >= 0.6 is 0 Å². The molecule has 0 saturated heterocycles. The maximum atomic E-state index is 13.2.